The number of pyridine rings is 2. The van der Waals surface area contributed by atoms with Gasteiger partial charge >= 0.3 is 10.0 Å². The van der Waals surface area contributed by atoms with Gasteiger partial charge in [-0.15, -0.1) is 0 Å². The lowest BCUT2D eigenvalue weighted by atomic mass is 10.2. The van der Waals surface area contributed by atoms with E-state index in [-0.39, 0.29) is 15.2 Å². The van der Waals surface area contributed by atoms with Crippen molar-refractivity contribution in [2.24, 2.45) is 0 Å². The molecule has 0 aliphatic rings. The molecule has 0 bridgehead atoms. The zero-order valence-electron chi connectivity index (χ0n) is 24.4. The Morgan fingerprint density at radius 1 is 0.792 bits per heavy atom. The number of nitro groups is 2. The van der Waals surface area contributed by atoms with Gasteiger partial charge in [-0.2, -0.15) is 0 Å². The molecule has 0 atom stereocenters. The van der Waals surface area contributed by atoms with Gasteiger partial charge < -0.3 is 10.1 Å². The van der Waals surface area contributed by atoms with E-state index in [4.69, 9.17) is 27.9 Å². The van der Waals surface area contributed by atoms with Crippen LogP contribution in [0.5, 0.6) is 5.75 Å². The Labute approximate surface area is 288 Å². The summed E-state index contributed by atoms with van der Waals surface area (Å²) < 4.78 is 5.17. The van der Waals surface area contributed by atoms with Gasteiger partial charge in [-0.1, -0.05) is 29.3 Å². The minimum Gasteiger partial charge on any atom is -0.495 e. The number of halogens is 2. The van der Waals surface area contributed by atoms with Crippen molar-refractivity contribution in [3.05, 3.63) is 115 Å². The van der Waals surface area contributed by atoms with Crippen LogP contribution in [0.2, 0.25) is 10.2 Å². The van der Waals surface area contributed by atoms with Gasteiger partial charge in [-0.25, -0.2) is 19.9 Å². The molecule has 6 heterocycles. The minimum atomic E-state index is -0.466. The summed E-state index contributed by atoms with van der Waals surface area (Å²) in [5, 5.41) is 27.0. The van der Waals surface area contributed by atoms with Gasteiger partial charge in [0.2, 0.25) is 0 Å². The van der Waals surface area contributed by atoms with Crippen LogP contribution in [0.15, 0.2) is 79.4 Å². The number of hydrogen-bond acceptors (Lipinski definition) is 14. The zero-order valence-corrected chi connectivity index (χ0v) is 27.5. The van der Waals surface area contributed by atoms with E-state index >= 15 is 0 Å². The number of thiophene rings is 2. The highest BCUT2D eigenvalue weighted by Gasteiger charge is 2.19. The summed E-state index contributed by atoms with van der Waals surface area (Å²) in [5.41, 5.74) is 2.35. The van der Waals surface area contributed by atoms with Gasteiger partial charge in [0.15, 0.2) is 11.6 Å². The largest absolute Gasteiger partial charge is 0.495 e. The number of fused-ring (bicyclic) bond motifs is 2. The second-order valence-electron chi connectivity index (χ2n) is 9.66. The normalized spacial score (nSPS) is 10.8. The number of nitrogens with zero attached hydrogens (tertiary/aromatic N) is 8. The molecule has 0 spiro atoms. The predicted molar refractivity (Wildman–Crippen MR) is 185 cm³/mol. The van der Waals surface area contributed by atoms with Gasteiger partial charge in [0, 0.05) is 54.6 Å². The molecule has 18 heteroatoms. The number of methoxy groups -OCH3 is 1. The summed E-state index contributed by atoms with van der Waals surface area (Å²) in [4.78, 5) is 47.7. The summed E-state index contributed by atoms with van der Waals surface area (Å²) in [7, 11) is 1.56. The molecule has 6 aromatic heterocycles. The van der Waals surface area contributed by atoms with Crippen LogP contribution in [0.25, 0.3) is 43.2 Å². The fourth-order valence-electron chi connectivity index (χ4n) is 4.35. The molecule has 0 saturated heterocycles. The monoisotopic (exact) mass is 719 g/mol. The molecule has 1 N–H and O–H groups in total. The highest BCUT2D eigenvalue weighted by Crippen LogP contribution is 2.36. The van der Waals surface area contributed by atoms with E-state index in [1.807, 2.05) is 12.1 Å². The average Bonchev–Trinajstić information content (AvgIpc) is 3.74. The number of anilines is 1. The maximum atomic E-state index is 11.2. The summed E-state index contributed by atoms with van der Waals surface area (Å²) in [6.45, 7) is 0.423. The second kappa shape index (κ2) is 14.1. The van der Waals surface area contributed by atoms with E-state index in [9.17, 15) is 20.2 Å². The summed E-state index contributed by atoms with van der Waals surface area (Å²) >= 11 is 14.2. The smallest absolute Gasteiger partial charge is 0.326 e. The standard InChI is InChI=1S/C19H14ClN5O3S.C11H5ClN4O2S/c1-28-15-5-4-11(7-14(15)20)9-22-18-13-8-16(25(26)27)29-19(13)24-17(23-18)12-3-2-6-21-10-12;12-9-7-4-8(16(17)18)19-11(7)15-10(14-9)6-2-1-3-13-5-6/h2-8,10H,9H2,1H3,(H,22,23,24);1-5H. The highest BCUT2D eigenvalue weighted by molar-refractivity contribution is 7.22. The molecule has 48 heavy (non-hydrogen) atoms. The Bertz CT molecular complexity index is 2290. The number of ether oxygens (including phenoxy) is 1. The maximum absolute atomic E-state index is 11.2. The van der Waals surface area contributed by atoms with Gasteiger partial charge in [0.1, 0.15) is 26.4 Å². The molecular weight excluding hydrogens is 701 g/mol. The molecule has 0 aliphatic heterocycles. The van der Waals surface area contributed by atoms with Crippen LogP contribution in [0.4, 0.5) is 15.8 Å². The summed E-state index contributed by atoms with van der Waals surface area (Å²) in [5.74, 6) is 1.94. The zero-order chi connectivity index (χ0) is 33.8. The molecular formula is C30H19Cl2N9O5S2. The Balaban J connectivity index is 0.000000182. The molecule has 0 fully saturated rings. The van der Waals surface area contributed by atoms with Crippen molar-refractivity contribution < 1.29 is 14.6 Å². The second-order valence-corrected chi connectivity index (χ2v) is 12.4. The van der Waals surface area contributed by atoms with Crippen LogP contribution in [-0.4, -0.2) is 46.9 Å². The van der Waals surface area contributed by atoms with Crippen molar-refractivity contribution in [3.63, 3.8) is 0 Å². The Hall–Kier alpha value is -5.42. The fraction of sp³-hybridized carbons (Fsp3) is 0.0667. The quantitative estimate of drug-likeness (QED) is 0.0902. The first-order valence-electron chi connectivity index (χ1n) is 13.6. The fourth-order valence-corrected chi connectivity index (χ4v) is 6.61. The first kappa shape index (κ1) is 32.5. The Morgan fingerprint density at radius 2 is 1.38 bits per heavy atom. The third-order valence-corrected chi connectivity index (χ3v) is 9.13. The molecule has 0 saturated carbocycles. The topological polar surface area (TPSA) is 185 Å². The van der Waals surface area contributed by atoms with Crippen molar-refractivity contribution in [2.75, 3.05) is 12.4 Å². The Morgan fingerprint density at radius 3 is 1.92 bits per heavy atom. The minimum absolute atomic E-state index is 0.00506. The van der Waals surface area contributed by atoms with Gasteiger partial charge in [-0.3, -0.25) is 30.2 Å². The van der Waals surface area contributed by atoms with Gasteiger partial charge in [0.05, 0.1) is 32.8 Å². The molecule has 7 aromatic rings. The molecule has 0 aliphatic carbocycles. The highest BCUT2D eigenvalue weighted by atomic mass is 35.5. The van der Waals surface area contributed by atoms with Crippen molar-refractivity contribution >= 4 is 82.1 Å². The number of rotatable bonds is 8. The number of benzene rings is 1. The predicted octanol–water partition coefficient (Wildman–Crippen LogP) is 8.25. The van der Waals surface area contributed by atoms with E-state index in [1.165, 1.54) is 12.1 Å². The number of aromatic nitrogens is 6. The Kier molecular flexibility index (Phi) is 9.58. The number of hydrogen-bond donors (Lipinski definition) is 1. The molecule has 14 nitrogen and oxygen atoms in total. The summed E-state index contributed by atoms with van der Waals surface area (Å²) in [6, 6.07) is 15.5. The third-order valence-electron chi connectivity index (χ3n) is 6.59. The van der Waals surface area contributed by atoms with E-state index in [2.05, 4.69) is 35.2 Å². The van der Waals surface area contributed by atoms with Crippen molar-refractivity contribution in [1.82, 2.24) is 29.9 Å². The lowest BCUT2D eigenvalue weighted by Crippen LogP contribution is -2.04. The first-order chi connectivity index (χ1) is 23.2. The van der Waals surface area contributed by atoms with Crippen LogP contribution in [-0.2, 0) is 6.54 Å². The first-order valence-corrected chi connectivity index (χ1v) is 16.0. The van der Waals surface area contributed by atoms with E-state index in [0.717, 1.165) is 33.8 Å². The maximum Gasteiger partial charge on any atom is 0.326 e. The van der Waals surface area contributed by atoms with E-state index in [1.54, 1.807) is 62.2 Å². The molecule has 7 rings (SSSR count). The van der Waals surface area contributed by atoms with Gasteiger partial charge in [0.25, 0.3) is 0 Å². The van der Waals surface area contributed by atoms with Crippen molar-refractivity contribution in [1.29, 1.82) is 0 Å². The summed E-state index contributed by atoms with van der Waals surface area (Å²) in [6.07, 6.45) is 6.56. The van der Waals surface area contributed by atoms with Crippen LogP contribution in [0.3, 0.4) is 0 Å². The average molecular weight is 721 g/mol. The van der Waals surface area contributed by atoms with Gasteiger partial charge in [-0.05, 0) is 64.6 Å². The molecule has 240 valence electrons. The molecule has 0 amide bonds. The molecule has 0 radical (unpaired) electrons. The van der Waals surface area contributed by atoms with Crippen molar-refractivity contribution in [2.45, 2.75) is 6.54 Å². The van der Waals surface area contributed by atoms with E-state index in [0.29, 0.717) is 60.8 Å². The lowest BCUT2D eigenvalue weighted by molar-refractivity contribution is -0.380. The van der Waals surface area contributed by atoms with Crippen LogP contribution < -0.4 is 10.1 Å². The third kappa shape index (κ3) is 7.11. The van der Waals surface area contributed by atoms with Crippen molar-refractivity contribution in [3.8, 4) is 28.5 Å². The van der Waals surface area contributed by atoms with E-state index < -0.39 is 9.85 Å². The van der Waals surface area contributed by atoms with Crippen LogP contribution in [0, 0.1) is 20.2 Å². The number of nitrogens with one attached hydrogen (secondary N) is 1. The molecule has 1 aromatic carbocycles. The molecule has 0 unspecified atom stereocenters. The van der Waals surface area contributed by atoms with Crippen LogP contribution in [0.1, 0.15) is 5.56 Å². The SMILES string of the molecule is COc1ccc(CNc2nc(-c3cccnc3)nc3sc([N+](=O)[O-])cc23)cc1Cl.O=[N+]([O-])c1cc2c(Cl)nc(-c3cccnc3)nc2s1. The van der Waals surface area contributed by atoms with Crippen LogP contribution >= 0.6 is 45.9 Å². The lowest BCUT2D eigenvalue weighted by Gasteiger charge is -2.10.